The molecule has 1 aromatic carbocycles. The van der Waals surface area contributed by atoms with Crippen LogP contribution in [-0.2, 0) is 19.1 Å². The number of nitrogens with zero attached hydrogens (tertiary/aromatic N) is 2. The molecule has 0 aliphatic carbocycles. The smallest absolute Gasteiger partial charge is 0.228 e. The molecule has 7 nitrogen and oxygen atoms in total. The third-order valence-corrected chi connectivity index (χ3v) is 5.64. The summed E-state index contributed by atoms with van der Waals surface area (Å²) in [5.74, 6) is 0.0409. The number of benzene rings is 1. The van der Waals surface area contributed by atoms with Crippen LogP contribution in [0.1, 0.15) is 33.1 Å². The van der Waals surface area contributed by atoms with Crippen molar-refractivity contribution >= 4 is 17.5 Å². The summed E-state index contributed by atoms with van der Waals surface area (Å²) in [7, 11) is 0. The number of hydrogen-bond donors (Lipinski definition) is 0. The highest BCUT2D eigenvalue weighted by molar-refractivity contribution is 6.00. The molecule has 1 spiro atoms. The monoisotopic (exact) mass is 388 g/mol. The van der Waals surface area contributed by atoms with Crippen molar-refractivity contribution in [1.29, 1.82) is 0 Å². The Morgan fingerprint density at radius 1 is 1.14 bits per heavy atom. The van der Waals surface area contributed by atoms with Crippen LogP contribution in [0.5, 0.6) is 5.75 Å². The summed E-state index contributed by atoms with van der Waals surface area (Å²) in [4.78, 5) is 29.0. The number of likely N-dealkylation sites (tertiary alicyclic amines) is 1. The lowest BCUT2D eigenvalue weighted by atomic mass is 10.0. The third-order valence-electron chi connectivity index (χ3n) is 5.64. The largest absolute Gasteiger partial charge is 0.491 e. The Hall–Kier alpha value is -2.12. The van der Waals surface area contributed by atoms with Crippen molar-refractivity contribution in [2.24, 2.45) is 5.92 Å². The number of carbonyl (C=O) groups excluding carboxylic acids is 2. The van der Waals surface area contributed by atoms with Crippen molar-refractivity contribution in [3.8, 4) is 5.75 Å². The van der Waals surface area contributed by atoms with E-state index in [0.29, 0.717) is 45.7 Å². The molecule has 3 aliphatic rings. The fourth-order valence-corrected chi connectivity index (χ4v) is 4.21. The van der Waals surface area contributed by atoms with Gasteiger partial charge in [0.2, 0.25) is 11.8 Å². The van der Waals surface area contributed by atoms with E-state index in [0.717, 1.165) is 11.4 Å². The summed E-state index contributed by atoms with van der Waals surface area (Å²) in [5, 5.41) is 0. The van der Waals surface area contributed by atoms with Gasteiger partial charge in [-0.25, -0.2) is 0 Å². The van der Waals surface area contributed by atoms with Gasteiger partial charge in [0.05, 0.1) is 25.2 Å². The van der Waals surface area contributed by atoms with Gasteiger partial charge in [-0.1, -0.05) is 0 Å². The van der Waals surface area contributed by atoms with E-state index < -0.39 is 5.79 Å². The van der Waals surface area contributed by atoms with Crippen LogP contribution in [0.15, 0.2) is 24.3 Å². The number of rotatable bonds is 4. The van der Waals surface area contributed by atoms with Crippen LogP contribution in [-0.4, -0.2) is 61.5 Å². The first kappa shape index (κ1) is 19.2. The molecule has 3 aliphatic heterocycles. The van der Waals surface area contributed by atoms with Crippen molar-refractivity contribution in [1.82, 2.24) is 4.90 Å². The highest BCUT2D eigenvalue weighted by Crippen LogP contribution is 2.33. The Bertz CT molecular complexity index is 717. The van der Waals surface area contributed by atoms with Crippen LogP contribution in [0.3, 0.4) is 0 Å². The number of hydrogen-bond acceptors (Lipinski definition) is 5. The van der Waals surface area contributed by atoms with Gasteiger partial charge < -0.3 is 24.0 Å². The Balaban J connectivity index is 1.36. The molecule has 1 unspecified atom stereocenters. The molecule has 1 aromatic rings. The maximum absolute atomic E-state index is 12.9. The quantitative estimate of drug-likeness (QED) is 0.791. The van der Waals surface area contributed by atoms with Crippen molar-refractivity contribution in [3.63, 3.8) is 0 Å². The van der Waals surface area contributed by atoms with Gasteiger partial charge in [-0.15, -0.1) is 0 Å². The Morgan fingerprint density at radius 2 is 1.79 bits per heavy atom. The first-order valence-electron chi connectivity index (χ1n) is 10.1. The minimum Gasteiger partial charge on any atom is -0.491 e. The Labute approximate surface area is 165 Å². The van der Waals surface area contributed by atoms with Gasteiger partial charge in [-0.05, 0) is 38.1 Å². The lowest BCUT2D eigenvalue weighted by Crippen LogP contribution is -2.49. The average molecular weight is 388 g/mol. The second-order valence-corrected chi connectivity index (χ2v) is 8.00. The van der Waals surface area contributed by atoms with Gasteiger partial charge in [-0.2, -0.15) is 0 Å². The van der Waals surface area contributed by atoms with Crippen LogP contribution >= 0.6 is 0 Å². The summed E-state index contributed by atoms with van der Waals surface area (Å²) in [5.41, 5.74) is 0.807. The molecule has 0 bridgehead atoms. The number of anilines is 1. The van der Waals surface area contributed by atoms with Gasteiger partial charge in [-0.3, -0.25) is 9.59 Å². The van der Waals surface area contributed by atoms with Crippen molar-refractivity contribution in [2.75, 3.05) is 37.7 Å². The average Bonchev–Trinajstić information content (AvgIpc) is 3.29. The Morgan fingerprint density at radius 3 is 2.39 bits per heavy atom. The Kier molecular flexibility index (Phi) is 5.29. The van der Waals surface area contributed by atoms with Gasteiger partial charge >= 0.3 is 0 Å². The molecule has 7 heteroatoms. The molecule has 3 saturated heterocycles. The summed E-state index contributed by atoms with van der Waals surface area (Å²) >= 11 is 0. The zero-order chi connectivity index (χ0) is 19.7. The lowest BCUT2D eigenvalue weighted by Gasteiger charge is -2.38. The maximum Gasteiger partial charge on any atom is 0.228 e. The molecule has 0 saturated carbocycles. The fourth-order valence-electron chi connectivity index (χ4n) is 4.21. The van der Waals surface area contributed by atoms with Gasteiger partial charge in [0, 0.05) is 44.6 Å². The first-order valence-corrected chi connectivity index (χ1v) is 10.1. The second-order valence-electron chi connectivity index (χ2n) is 8.00. The van der Waals surface area contributed by atoms with E-state index in [1.165, 1.54) is 0 Å². The van der Waals surface area contributed by atoms with Crippen LogP contribution in [0.4, 0.5) is 5.69 Å². The van der Waals surface area contributed by atoms with E-state index >= 15 is 0 Å². The molecule has 28 heavy (non-hydrogen) atoms. The predicted octanol–water partition coefficient (Wildman–Crippen LogP) is 2.19. The molecule has 2 amide bonds. The highest BCUT2D eigenvalue weighted by atomic mass is 16.7. The van der Waals surface area contributed by atoms with E-state index in [1.807, 2.05) is 43.0 Å². The van der Waals surface area contributed by atoms with E-state index in [4.69, 9.17) is 14.2 Å². The molecule has 152 valence electrons. The van der Waals surface area contributed by atoms with Crippen LogP contribution in [0.25, 0.3) is 0 Å². The third kappa shape index (κ3) is 3.86. The highest BCUT2D eigenvalue weighted by Gasteiger charge is 2.43. The molecule has 1 atom stereocenters. The topological polar surface area (TPSA) is 68.3 Å². The molecule has 0 radical (unpaired) electrons. The summed E-state index contributed by atoms with van der Waals surface area (Å²) in [6.45, 7) is 6.86. The molecule has 0 N–H and O–H groups in total. The van der Waals surface area contributed by atoms with Crippen LogP contribution in [0, 0.1) is 5.92 Å². The van der Waals surface area contributed by atoms with E-state index in [9.17, 15) is 9.59 Å². The van der Waals surface area contributed by atoms with E-state index in [-0.39, 0.29) is 30.3 Å². The minimum absolute atomic E-state index is 0.00758. The second kappa shape index (κ2) is 7.72. The normalized spacial score (nSPS) is 24.4. The molecule has 3 fully saturated rings. The standard InChI is InChI=1S/C21H28N2O5/c1-15(2)28-18-5-3-17(4-6-18)23-14-16(13-19(23)24)20(25)22-9-7-21(8-10-22)26-11-12-27-21/h3-6,15-16H,7-14H2,1-2H3. The maximum atomic E-state index is 12.9. The van der Waals surface area contributed by atoms with Gasteiger partial charge in [0.1, 0.15) is 5.75 Å². The number of ether oxygens (including phenoxy) is 3. The molecule has 3 heterocycles. The predicted molar refractivity (Wildman–Crippen MR) is 103 cm³/mol. The summed E-state index contributed by atoms with van der Waals surface area (Å²) in [6, 6.07) is 7.48. The first-order chi connectivity index (χ1) is 13.5. The number of amides is 2. The summed E-state index contributed by atoms with van der Waals surface area (Å²) in [6.07, 6.45) is 1.75. The number of piperidine rings is 1. The van der Waals surface area contributed by atoms with Crippen molar-refractivity contribution in [3.05, 3.63) is 24.3 Å². The van der Waals surface area contributed by atoms with E-state index in [2.05, 4.69) is 0 Å². The van der Waals surface area contributed by atoms with E-state index in [1.54, 1.807) is 4.90 Å². The molecule has 4 rings (SSSR count). The molecular formula is C21H28N2O5. The fraction of sp³-hybridized carbons (Fsp3) is 0.619. The zero-order valence-electron chi connectivity index (χ0n) is 16.6. The van der Waals surface area contributed by atoms with Gasteiger partial charge in [0.15, 0.2) is 5.79 Å². The van der Waals surface area contributed by atoms with Crippen molar-refractivity contribution in [2.45, 2.75) is 45.0 Å². The lowest BCUT2D eigenvalue weighted by molar-refractivity contribution is -0.188. The molecular weight excluding hydrogens is 360 g/mol. The van der Waals surface area contributed by atoms with Crippen molar-refractivity contribution < 1.29 is 23.8 Å². The molecule has 0 aromatic heterocycles. The number of carbonyl (C=O) groups is 2. The minimum atomic E-state index is -0.492. The SMILES string of the molecule is CC(C)Oc1ccc(N2CC(C(=O)N3CCC4(CC3)OCCO4)CC2=O)cc1. The zero-order valence-corrected chi connectivity index (χ0v) is 16.6. The van der Waals surface area contributed by atoms with Gasteiger partial charge in [0.25, 0.3) is 0 Å². The van der Waals surface area contributed by atoms with Crippen LogP contribution < -0.4 is 9.64 Å². The summed E-state index contributed by atoms with van der Waals surface area (Å²) < 4.78 is 17.1. The van der Waals surface area contributed by atoms with Crippen LogP contribution in [0.2, 0.25) is 0 Å².